The molecular weight excluding hydrogens is 326 g/mol. The number of nitrogens with one attached hydrogen (secondary N) is 1. The van der Waals surface area contributed by atoms with Gasteiger partial charge in [0, 0.05) is 51.4 Å². The number of hydrogen-bond donors (Lipinski definition) is 1. The number of benzene rings is 1. The summed E-state index contributed by atoms with van der Waals surface area (Å²) >= 11 is 0. The van der Waals surface area contributed by atoms with E-state index in [1.54, 1.807) is 12.1 Å². The van der Waals surface area contributed by atoms with Crippen molar-refractivity contribution in [3.05, 3.63) is 29.8 Å². The van der Waals surface area contributed by atoms with Gasteiger partial charge in [0.1, 0.15) is 0 Å². The Hall–Kier alpha value is -1.44. The highest BCUT2D eigenvalue weighted by atomic mass is 32.2. The first-order valence-corrected chi connectivity index (χ1v) is 10.2. The Morgan fingerprint density at radius 3 is 2.38 bits per heavy atom. The van der Waals surface area contributed by atoms with Crippen LogP contribution in [0.4, 0.5) is 0 Å². The van der Waals surface area contributed by atoms with Crippen LogP contribution in [0.25, 0.3) is 0 Å². The second-order valence-electron chi connectivity index (χ2n) is 6.38. The van der Waals surface area contributed by atoms with E-state index in [1.807, 2.05) is 24.1 Å². The highest BCUT2D eigenvalue weighted by Gasteiger charge is 2.18. The van der Waals surface area contributed by atoms with Gasteiger partial charge in [0.05, 0.1) is 4.90 Å². The smallest absolute Gasteiger partial charge is 0.223 e. The molecule has 1 fully saturated rings. The lowest BCUT2D eigenvalue weighted by Crippen LogP contribution is -2.47. The van der Waals surface area contributed by atoms with Crippen molar-refractivity contribution in [2.75, 3.05) is 46.0 Å². The summed E-state index contributed by atoms with van der Waals surface area (Å²) in [7, 11) is -1.18. The predicted octanol–water partition coefficient (Wildman–Crippen LogP) is 0.905. The number of hydrogen-bond acceptors (Lipinski definition) is 5. The number of amides is 1. The summed E-state index contributed by atoms with van der Waals surface area (Å²) in [6.07, 6.45) is 1.71. The summed E-state index contributed by atoms with van der Waals surface area (Å²) in [6.45, 7) is 6.04. The molecule has 1 heterocycles. The van der Waals surface area contributed by atoms with E-state index in [-0.39, 0.29) is 11.9 Å². The Kier molecular flexibility index (Phi) is 6.37. The van der Waals surface area contributed by atoms with Gasteiger partial charge in [-0.05, 0) is 31.7 Å². The zero-order chi connectivity index (χ0) is 17.7. The maximum absolute atomic E-state index is 12.2. The molecule has 0 radical (unpaired) electrons. The molecular formula is C17H27N3O3S. The molecule has 1 unspecified atom stereocenters. The molecule has 0 saturated carbocycles. The lowest BCUT2D eigenvalue weighted by atomic mass is 10.1. The first kappa shape index (κ1) is 18.9. The van der Waals surface area contributed by atoms with Gasteiger partial charge in [-0.3, -0.25) is 9.69 Å². The Morgan fingerprint density at radius 2 is 1.83 bits per heavy atom. The van der Waals surface area contributed by atoms with Crippen LogP contribution in [-0.2, 0) is 14.6 Å². The molecule has 24 heavy (non-hydrogen) atoms. The van der Waals surface area contributed by atoms with E-state index in [2.05, 4.69) is 17.1 Å². The molecule has 134 valence electrons. The number of carbonyl (C=O) groups excluding carboxylic acids is 1. The fraction of sp³-hybridized carbons (Fsp3) is 0.588. The number of nitrogens with zero attached hydrogens (tertiary/aromatic N) is 2. The van der Waals surface area contributed by atoms with Crippen LogP contribution >= 0.6 is 0 Å². The van der Waals surface area contributed by atoms with Crippen LogP contribution in [0, 0.1) is 0 Å². The first-order chi connectivity index (χ1) is 11.3. The van der Waals surface area contributed by atoms with Gasteiger partial charge in [-0.2, -0.15) is 0 Å². The van der Waals surface area contributed by atoms with E-state index in [0.29, 0.717) is 17.9 Å². The normalized spacial score (nSPS) is 17.1. The van der Waals surface area contributed by atoms with Crippen molar-refractivity contribution < 1.29 is 13.2 Å². The lowest BCUT2D eigenvalue weighted by Gasteiger charge is -2.29. The van der Waals surface area contributed by atoms with E-state index >= 15 is 0 Å². The minimum Gasteiger partial charge on any atom is -0.340 e. The Balaban J connectivity index is 1.89. The molecule has 1 aromatic rings. The standard InChI is InChI=1S/C17H27N3O3S/c1-14(15-4-6-16(7-5-15)24(3,22)23)19(2)11-8-17(21)20-12-9-18-10-13-20/h4-7,14,18H,8-13H2,1-3H3. The summed E-state index contributed by atoms with van der Waals surface area (Å²) in [4.78, 5) is 16.6. The average molecular weight is 353 g/mol. The van der Waals surface area contributed by atoms with Crippen molar-refractivity contribution in [2.24, 2.45) is 0 Å². The summed E-state index contributed by atoms with van der Waals surface area (Å²) in [5.41, 5.74) is 1.04. The second-order valence-corrected chi connectivity index (χ2v) is 8.39. The van der Waals surface area contributed by atoms with Crippen molar-refractivity contribution in [3.63, 3.8) is 0 Å². The fourth-order valence-electron chi connectivity index (χ4n) is 2.79. The Bertz CT molecular complexity index is 652. The van der Waals surface area contributed by atoms with Crippen molar-refractivity contribution in [1.29, 1.82) is 0 Å². The van der Waals surface area contributed by atoms with Crippen LogP contribution in [0.2, 0.25) is 0 Å². The zero-order valence-corrected chi connectivity index (χ0v) is 15.5. The largest absolute Gasteiger partial charge is 0.340 e. The van der Waals surface area contributed by atoms with Crippen LogP contribution < -0.4 is 5.32 Å². The van der Waals surface area contributed by atoms with Crippen molar-refractivity contribution in [1.82, 2.24) is 15.1 Å². The number of sulfone groups is 1. The minimum absolute atomic E-state index is 0.120. The molecule has 2 rings (SSSR count). The van der Waals surface area contributed by atoms with Gasteiger partial charge in [0.15, 0.2) is 9.84 Å². The van der Waals surface area contributed by atoms with Crippen LogP contribution in [0.3, 0.4) is 0 Å². The summed E-state index contributed by atoms with van der Waals surface area (Å²) in [6, 6.07) is 7.09. The van der Waals surface area contributed by atoms with Gasteiger partial charge < -0.3 is 10.2 Å². The number of rotatable bonds is 6. The van der Waals surface area contributed by atoms with E-state index in [1.165, 1.54) is 6.26 Å². The zero-order valence-electron chi connectivity index (χ0n) is 14.7. The summed E-state index contributed by atoms with van der Waals surface area (Å²) in [5, 5.41) is 3.24. The average Bonchev–Trinajstić information content (AvgIpc) is 2.58. The van der Waals surface area contributed by atoms with Crippen molar-refractivity contribution in [2.45, 2.75) is 24.3 Å². The summed E-state index contributed by atoms with van der Waals surface area (Å²) in [5.74, 6) is 0.197. The van der Waals surface area contributed by atoms with Crippen LogP contribution in [0.5, 0.6) is 0 Å². The molecule has 7 heteroatoms. The SMILES string of the molecule is CC(c1ccc(S(C)(=O)=O)cc1)N(C)CCC(=O)N1CCNCC1. The van der Waals surface area contributed by atoms with Gasteiger partial charge in [-0.15, -0.1) is 0 Å². The molecule has 6 nitrogen and oxygen atoms in total. The minimum atomic E-state index is -3.17. The third-order valence-electron chi connectivity index (χ3n) is 4.60. The maximum Gasteiger partial charge on any atom is 0.223 e. The third-order valence-corrected chi connectivity index (χ3v) is 5.73. The molecule has 1 aliphatic heterocycles. The topological polar surface area (TPSA) is 69.7 Å². The quantitative estimate of drug-likeness (QED) is 0.823. The molecule has 1 N–H and O–H groups in total. The maximum atomic E-state index is 12.2. The fourth-order valence-corrected chi connectivity index (χ4v) is 3.42. The highest BCUT2D eigenvalue weighted by molar-refractivity contribution is 7.90. The molecule has 1 amide bonds. The van der Waals surface area contributed by atoms with E-state index in [0.717, 1.165) is 31.7 Å². The first-order valence-electron chi connectivity index (χ1n) is 8.28. The van der Waals surface area contributed by atoms with E-state index in [9.17, 15) is 13.2 Å². The van der Waals surface area contributed by atoms with Crippen molar-refractivity contribution >= 4 is 15.7 Å². The Labute approximate surface area is 144 Å². The van der Waals surface area contributed by atoms with Crippen LogP contribution in [-0.4, -0.2) is 70.2 Å². The van der Waals surface area contributed by atoms with Gasteiger partial charge >= 0.3 is 0 Å². The molecule has 1 atom stereocenters. The molecule has 0 aromatic heterocycles. The summed E-state index contributed by atoms with van der Waals surface area (Å²) < 4.78 is 23.0. The van der Waals surface area contributed by atoms with Gasteiger partial charge in [-0.25, -0.2) is 8.42 Å². The second kappa shape index (κ2) is 8.09. The number of carbonyl (C=O) groups is 1. The molecule has 1 aromatic carbocycles. The van der Waals surface area contributed by atoms with Gasteiger partial charge in [0.2, 0.25) is 5.91 Å². The monoisotopic (exact) mass is 353 g/mol. The molecule has 0 aliphatic carbocycles. The van der Waals surface area contributed by atoms with Crippen molar-refractivity contribution in [3.8, 4) is 0 Å². The molecule has 1 saturated heterocycles. The van der Waals surface area contributed by atoms with E-state index < -0.39 is 9.84 Å². The van der Waals surface area contributed by atoms with Gasteiger partial charge in [-0.1, -0.05) is 12.1 Å². The third kappa shape index (κ3) is 5.03. The highest BCUT2D eigenvalue weighted by Crippen LogP contribution is 2.21. The number of piperazine rings is 1. The molecule has 0 bridgehead atoms. The van der Waals surface area contributed by atoms with Crippen LogP contribution in [0.1, 0.15) is 24.9 Å². The van der Waals surface area contributed by atoms with E-state index in [4.69, 9.17) is 0 Å². The molecule has 0 spiro atoms. The predicted molar refractivity (Wildman–Crippen MR) is 94.7 cm³/mol. The van der Waals surface area contributed by atoms with Crippen LogP contribution in [0.15, 0.2) is 29.2 Å². The molecule has 1 aliphatic rings. The van der Waals surface area contributed by atoms with Gasteiger partial charge in [0.25, 0.3) is 0 Å². The lowest BCUT2D eigenvalue weighted by molar-refractivity contribution is -0.132. The Morgan fingerprint density at radius 1 is 1.25 bits per heavy atom.